The lowest BCUT2D eigenvalue weighted by Crippen LogP contribution is -2.42. The van der Waals surface area contributed by atoms with Crippen molar-refractivity contribution in [3.05, 3.63) is 42.5 Å². The van der Waals surface area contributed by atoms with Crippen LogP contribution in [-0.2, 0) is 6.54 Å². The van der Waals surface area contributed by atoms with E-state index in [1.807, 2.05) is 41.6 Å². The Hall–Kier alpha value is -1.95. The summed E-state index contributed by atoms with van der Waals surface area (Å²) >= 11 is 1.70. The van der Waals surface area contributed by atoms with Crippen molar-refractivity contribution in [3.8, 4) is 0 Å². The molecule has 2 amide bonds. The summed E-state index contributed by atoms with van der Waals surface area (Å²) in [6.07, 6.45) is 10.4. The number of benzene rings is 1. The highest BCUT2D eigenvalue weighted by molar-refractivity contribution is 7.98. The normalized spacial score (nSPS) is 17.3. The van der Waals surface area contributed by atoms with Crippen molar-refractivity contribution >= 4 is 23.5 Å². The molecule has 0 bridgehead atoms. The average molecular weight is 373 g/mol. The zero-order valence-corrected chi connectivity index (χ0v) is 16.5. The molecule has 1 aliphatic heterocycles. The first-order chi connectivity index (χ1) is 12.7. The molecule has 2 aromatic rings. The molecule has 3 rings (SSSR count). The van der Waals surface area contributed by atoms with E-state index in [2.05, 4.69) is 28.0 Å². The number of rotatable bonds is 6. The van der Waals surface area contributed by atoms with Crippen LogP contribution >= 0.6 is 11.8 Å². The zero-order valence-electron chi connectivity index (χ0n) is 15.6. The number of imidazole rings is 1. The Morgan fingerprint density at radius 3 is 2.88 bits per heavy atom. The minimum absolute atomic E-state index is 0.0155. The molecule has 0 unspecified atom stereocenters. The maximum atomic E-state index is 12.7. The average Bonchev–Trinajstić information content (AvgIpc) is 3.15. The number of amides is 2. The number of nitrogens with one attached hydrogen (secondary N) is 1. The summed E-state index contributed by atoms with van der Waals surface area (Å²) in [5.74, 6) is 1.44. The van der Waals surface area contributed by atoms with Crippen LogP contribution in [0, 0.1) is 0 Å². The monoisotopic (exact) mass is 372 g/mol. The highest BCUT2D eigenvalue weighted by atomic mass is 32.2. The van der Waals surface area contributed by atoms with Gasteiger partial charge in [0.05, 0.1) is 0 Å². The molecule has 1 aliphatic rings. The number of hydrogen-bond donors (Lipinski definition) is 1. The summed E-state index contributed by atoms with van der Waals surface area (Å²) in [4.78, 5) is 20.4. The van der Waals surface area contributed by atoms with Crippen LogP contribution in [0.3, 0.4) is 0 Å². The second-order valence-corrected chi connectivity index (χ2v) is 7.66. The highest BCUT2D eigenvalue weighted by Crippen LogP contribution is 2.27. The molecule has 0 aliphatic carbocycles. The molecule has 0 spiro atoms. The number of nitrogens with zero attached hydrogens (tertiary/aromatic N) is 3. The Labute approximate surface area is 160 Å². The molecule has 1 aromatic heterocycles. The van der Waals surface area contributed by atoms with Crippen molar-refractivity contribution in [2.75, 3.05) is 24.7 Å². The number of likely N-dealkylation sites (tertiary alicyclic amines) is 1. The van der Waals surface area contributed by atoms with E-state index in [0.717, 1.165) is 50.4 Å². The van der Waals surface area contributed by atoms with Crippen molar-refractivity contribution < 1.29 is 4.79 Å². The molecule has 1 atom stereocenters. The molecular weight excluding hydrogens is 344 g/mol. The van der Waals surface area contributed by atoms with Crippen LogP contribution < -0.4 is 5.32 Å². The Balaban J connectivity index is 1.62. The van der Waals surface area contributed by atoms with E-state index in [-0.39, 0.29) is 6.03 Å². The summed E-state index contributed by atoms with van der Waals surface area (Å²) in [7, 11) is 0. The molecule has 0 saturated carbocycles. The molecule has 0 radical (unpaired) electrons. The van der Waals surface area contributed by atoms with E-state index >= 15 is 0 Å². The van der Waals surface area contributed by atoms with Gasteiger partial charge >= 0.3 is 6.03 Å². The number of urea groups is 1. The number of carbonyl (C=O) groups is 1. The van der Waals surface area contributed by atoms with Crippen LogP contribution in [0.5, 0.6) is 0 Å². The van der Waals surface area contributed by atoms with Gasteiger partial charge in [-0.15, -0.1) is 11.8 Å². The van der Waals surface area contributed by atoms with Crippen LogP contribution in [0.15, 0.2) is 41.6 Å². The number of piperidine rings is 1. The highest BCUT2D eigenvalue weighted by Gasteiger charge is 2.27. The number of aromatic nitrogens is 2. The Morgan fingerprint density at radius 2 is 2.15 bits per heavy atom. The minimum Gasteiger partial charge on any atom is -0.335 e. The smallest absolute Gasteiger partial charge is 0.321 e. The van der Waals surface area contributed by atoms with Gasteiger partial charge in [0.25, 0.3) is 0 Å². The van der Waals surface area contributed by atoms with Gasteiger partial charge in [-0.2, -0.15) is 0 Å². The second-order valence-electron chi connectivity index (χ2n) is 6.78. The van der Waals surface area contributed by atoms with E-state index in [0.29, 0.717) is 5.92 Å². The topological polar surface area (TPSA) is 50.2 Å². The van der Waals surface area contributed by atoms with Gasteiger partial charge in [-0.25, -0.2) is 9.78 Å². The van der Waals surface area contributed by atoms with Gasteiger partial charge in [0.2, 0.25) is 0 Å². The Morgan fingerprint density at radius 1 is 1.35 bits per heavy atom. The molecule has 2 heterocycles. The summed E-state index contributed by atoms with van der Waals surface area (Å²) in [5, 5.41) is 3.03. The molecule has 1 saturated heterocycles. The number of anilines is 1. The standard InChI is InChI=1S/C20H28N4OS/c1-3-4-12-23-14-11-21-19(23)16-6-5-13-24(15-16)20(25)22-17-7-9-18(26-2)10-8-17/h7-11,14,16H,3-6,12-13,15H2,1-2H3,(H,22,25)/t16-/m1/s1. The molecule has 1 aromatic carbocycles. The van der Waals surface area contributed by atoms with Gasteiger partial charge in [0.15, 0.2) is 0 Å². The number of unbranched alkanes of at least 4 members (excludes halogenated alkanes) is 1. The van der Waals surface area contributed by atoms with Gasteiger partial charge in [-0.05, 0) is 49.8 Å². The van der Waals surface area contributed by atoms with E-state index in [4.69, 9.17) is 0 Å². The predicted octanol–water partition coefficient (Wildman–Crippen LogP) is 4.82. The van der Waals surface area contributed by atoms with Crippen LogP contribution in [0.2, 0.25) is 0 Å². The minimum atomic E-state index is -0.0155. The first-order valence-corrected chi connectivity index (χ1v) is 10.6. The molecule has 140 valence electrons. The van der Waals surface area contributed by atoms with Crippen molar-refractivity contribution in [1.29, 1.82) is 0 Å². The van der Waals surface area contributed by atoms with Crippen molar-refractivity contribution in [2.45, 2.75) is 50.0 Å². The maximum absolute atomic E-state index is 12.7. The fourth-order valence-electron chi connectivity index (χ4n) is 3.45. The van der Waals surface area contributed by atoms with Crippen LogP contribution in [0.1, 0.15) is 44.3 Å². The molecule has 6 heteroatoms. The van der Waals surface area contributed by atoms with E-state index in [1.165, 1.54) is 11.3 Å². The van der Waals surface area contributed by atoms with Crippen LogP contribution in [0.25, 0.3) is 0 Å². The second kappa shape index (κ2) is 9.12. The van der Waals surface area contributed by atoms with Gasteiger partial charge in [-0.1, -0.05) is 13.3 Å². The third-order valence-electron chi connectivity index (χ3n) is 4.92. The number of thioether (sulfide) groups is 1. The summed E-state index contributed by atoms with van der Waals surface area (Å²) in [5.41, 5.74) is 0.847. The van der Waals surface area contributed by atoms with E-state index < -0.39 is 0 Å². The molecule has 1 N–H and O–H groups in total. The molecule has 5 nitrogen and oxygen atoms in total. The summed E-state index contributed by atoms with van der Waals surface area (Å²) in [6.45, 7) is 4.75. The predicted molar refractivity (Wildman–Crippen MR) is 108 cm³/mol. The van der Waals surface area contributed by atoms with Crippen molar-refractivity contribution in [1.82, 2.24) is 14.5 Å². The van der Waals surface area contributed by atoms with E-state index in [9.17, 15) is 4.79 Å². The van der Waals surface area contributed by atoms with Gasteiger partial charge in [0.1, 0.15) is 5.82 Å². The lowest BCUT2D eigenvalue weighted by Gasteiger charge is -2.32. The number of hydrogen-bond acceptors (Lipinski definition) is 3. The van der Waals surface area contributed by atoms with Crippen LogP contribution in [-0.4, -0.2) is 39.8 Å². The van der Waals surface area contributed by atoms with E-state index in [1.54, 1.807) is 11.8 Å². The SMILES string of the molecule is CCCCn1ccnc1[C@@H]1CCCN(C(=O)Nc2ccc(SC)cc2)C1. The fraction of sp³-hybridized carbons (Fsp3) is 0.500. The Bertz CT molecular complexity index is 713. The zero-order chi connectivity index (χ0) is 18.4. The molecule has 26 heavy (non-hydrogen) atoms. The summed E-state index contributed by atoms with van der Waals surface area (Å²) in [6, 6.07) is 7.97. The summed E-state index contributed by atoms with van der Waals surface area (Å²) < 4.78 is 2.26. The lowest BCUT2D eigenvalue weighted by molar-refractivity contribution is 0.190. The van der Waals surface area contributed by atoms with Gasteiger partial charge in [-0.3, -0.25) is 0 Å². The largest absolute Gasteiger partial charge is 0.335 e. The lowest BCUT2D eigenvalue weighted by atomic mass is 9.97. The quantitative estimate of drug-likeness (QED) is 0.740. The number of carbonyl (C=O) groups excluding carboxylic acids is 1. The molecule has 1 fully saturated rings. The fourth-order valence-corrected chi connectivity index (χ4v) is 3.86. The van der Waals surface area contributed by atoms with Gasteiger partial charge < -0.3 is 14.8 Å². The maximum Gasteiger partial charge on any atom is 0.321 e. The van der Waals surface area contributed by atoms with Crippen molar-refractivity contribution in [3.63, 3.8) is 0 Å². The third-order valence-corrected chi connectivity index (χ3v) is 5.66. The number of aryl methyl sites for hydroxylation is 1. The van der Waals surface area contributed by atoms with Crippen molar-refractivity contribution in [2.24, 2.45) is 0 Å². The first kappa shape index (κ1) is 18.8. The van der Waals surface area contributed by atoms with Gasteiger partial charge in [0, 0.05) is 48.5 Å². The Kier molecular flexibility index (Phi) is 6.61. The first-order valence-electron chi connectivity index (χ1n) is 9.42. The molecular formula is C20H28N4OS. The third kappa shape index (κ3) is 4.61. The van der Waals surface area contributed by atoms with Crippen LogP contribution in [0.4, 0.5) is 10.5 Å².